The molecule has 0 saturated carbocycles. The summed E-state index contributed by atoms with van der Waals surface area (Å²) in [4.78, 5) is 5.47. The zero-order chi connectivity index (χ0) is 42.6. The number of nitrogens with zero attached hydrogens (tertiary/aromatic N) is 2. The van der Waals surface area contributed by atoms with Crippen molar-refractivity contribution >= 4 is 54.9 Å². The lowest BCUT2D eigenvalue weighted by Gasteiger charge is -2.40. The van der Waals surface area contributed by atoms with Gasteiger partial charge in [-0.3, -0.25) is 0 Å². The van der Waals surface area contributed by atoms with Gasteiger partial charge in [-0.2, -0.15) is 0 Å². The van der Waals surface area contributed by atoms with Gasteiger partial charge in [-0.15, -0.1) is 0 Å². The van der Waals surface area contributed by atoms with Crippen LogP contribution in [0.15, 0.2) is 229 Å². The molecule has 1 aromatic heterocycles. The highest BCUT2D eigenvalue weighted by atomic mass is 16.5. The molecule has 4 heteroatoms. The molecule has 65 heavy (non-hydrogen) atoms. The average Bonchev–Trinajstić information content (AvgIpc) is 3.87. The van der Waals surface area contributed by atoms with Crippen molar-refractivity contribution in [1.82, 2.24) is 9.88 Å². The molecule has 304 valence electrons. The first-order valence-corrected chi connectivity index (χ1v) is 22.4. The van der Waals surface area contributed by atoms with Crippen molar-refractivity contribution in [3.63, 3.8) is 0 Å². The number of aliphatic imine (C=N–C) groups is 1. The lowest BCUT2D eigenvalue weighted by molar-refractivity contribution is 0.447. The highest BCUT2D eigenvalue weighted by Crippen LogP contribution is 2.64. The Morgan fingerprint density at radius 3 is 1.75 bits per heavy atom. The molecule has 1 unspecified atom stereocenters. The number of ether oxygens (including phenoxy) is 1. The van der Waals surface area contributed by atoms with Crippen LogP contribution in [-0.2, 0) is 5.41 Å². The van der Waals surface area contributed by atoms with Gasteiger partial charge in [-0.05, 0) is 75.0 Å². The first kappa shape index (κ1) is 36.1. The van der Waals surface area contributed by atoms with Gasteiger partial charge < -0.3 is 14.6 Å². The molecule has 1 atom stereocenters. The molecule has 1 N–H and O–H groups in total. The van der Waals surface area contributed by atoms with E-state index < -0.39 is 5.41 Å². The normalized spacial score (nSPS) is 15.5. The number of fused-ring (bicyclic) bond motifs is 16. The SMILES string of the molecule is C1=C(c2ccc3c(c2)C2(c4ccccc4-3)c3ccc4ccccc4c3Oc3c2ccc2ccccc32)N=C(c2ccccc2)NC1c1cccc(-n2c3ccccc3c3ccccc32)c1. The van der Waals surface area contributed by atoms with Gasteiger partial charge in [0.15, 0.2) is 0 Å². The Labute approximate surface area is 376 Å². The molecule has 10 aromatic carbocycles. The van der Waals surface area contributed by atoms with Crippen molar-refractivity contribution in [2.45, 2.75) is 11.5 Å². The van der Waals surface area contributed by atoms with Crippen molar-refractivity contribution in [3.05, 3.63) is 263 Å². The summed E-state index contributed by atoms with van der Waals surface area (Å²) in [6.45, 7) is 0. The van der Waals surface area contributed by atoms with Crippen LogP contribution < -0.4 is 10.1 Å². The summed E-state index contributed by atoms with van der Waals surface area (Å²) in [6.07, 6.45) is 2.31. The van der Waals surface area contributed by atoms with E-state index in [1.165, 1.54) is 44.1 Å². The molecule has 0 amide bonds. The van der Waals surface area contributed by atoms with Crippen molar-refractivity contribution in [2.24, 2.45) is 4.99 Å². The van der Waals surface area contributed by atoms with E-state index in [4.69, 9.17) is 9.73 Å². The highest BCUT2D eigenvalue weighted by molar-refractivity contribution is 6.09. The largest absolute Gasteiger partial charge is 0.455 e. The topological polar surface area (TPSA) is 38.5 Å². The Hall–Kier alpha value is -8.47. The maximum Gasteiger partial charge on any atom is 0.140 e. The number of benzene rings is 10. The molecule has 1 aliphatic carbocycles. The number of aromatic nitrogens is 1. The molecule has 0 fully saturated rings. The van der Waals surface area contributed by atoms with E-state index >= 15 is 0 Å². The van der Waals surface area contributed by atoms with Crippen LogP contribution in [0.2, 0.25) is 0 Å². The summed E-state index contributed by atoms with van der Waals surface area (Å²) >= 11 is 0. The second kappa shape index (κ2) is 13.8. The second-order valence-corrected chi connectivity index (χ2v) is 17.4. The number of para-hydroxylation sites is 2. The van der Waals surface area contributed by atoms with Gasteiger partial charge >= 0.3 is 0 Å². The zero-order valence-corrected chi connectivity index (χ0v) is 35.2. The van der Waals surface area contributed by atoms with Crippen LogP contribution in [0.3, 0.4) is 0 Å². The van der Waals surface area contributed by atoms with Crippen LogP contribution in [0.4, 0.5) is 0 Å². The number of nitrogens with one attached hydrogen (secondary N) is 1. The maximum atomic E-state index is 7.23. The summed E-state index contributed by atoms with van der Waals surface area (Å²) < 4.78 is 9.62. The predicted octanol–water partition coefficient (Wildman–Crippen LogP) is 14.7. The van der Waals surface area contributed by atoms with E-state index in [2.05, 4.69) is 234 Å². The Bertz CT molecular complexity index is 3720. The Morgan fingerprint density at radius 2 is 1.05 bits per heavy atom. The molecule has 0 radical (unpaired) electrons. The summed E-state index contributed by atoms with van der Waals surface area (Å²) in [5, 5.41) is 10.9. The Kier molecular flexibility index (Phi) is 7.63. The minimum absolute atomic E-state index is 0.160. The monoisotopic (exact) mass is 829 g/mol. The fourth-order valence-electron chi connectivity index (χ4n) is 11.2. The lowest BCUT2D eigenvalue weighted by atomic mass is 9.65. The van der Waals surface area contributed by atoms with Gasteiger partial charge in [-0.25, -0.2) is 4.99 Å². The van der Waals surface area contributed by atoms with Crippen LogP contribution in [0.5, 0.6) is 11.5 Å². The van der Waals surface area contributed by atoms with Gasteiger partial charge in [0.05, 0.1) is 28.2 Å². The van der Waals surface area contributed by atoms with Crippen molar-refractivity contribution in [1.29, 1.82) is 0 Å². The van der Waals surface area contributed by atoms with E-state index in [1.54, 1.807) is 0 Å². The molecule has 14 rings (SSSR count). The van der Waals surface area contributed by atoms with Gasteiger partial charge in [0.2, 0.25) is 0 Å². The fourth-order valence-corrected chi connectivity index (χ4v) is 11.2. The van der Waals surface area contributed by atoms with Gasteiger partial charge in [-0.1, -0.05) is 188 Å². The molecular formula is C61H39N3O. The summed E-state index contributed by atoms with van der Waals surface area (Å²) in [5.74, 6) is 2.66. The molecule has 4 nitrogen and oxygen atoms in total. The van der Waals surface area contributed by atoms with Crippen molar-refractivity contribution < 1.29 is 4.74 Å². The molecule has 2 aliphatic heterocycles. The van der Waals surface area contributed by atoms with Crippen LogP contribution in [0.1, 0.15) is 45.0 Å². The summed E-state index contributed by atoms with van der Waals surface area (Å²) in [5.41, 5.74) is 14.3. The Morgan fingerprint density at radius 1 is 0.446 bits per heavy atom. The quantitative estimate of drug-likeness (QED) is 0.192. The molecule has 1 spiro atoms. The van der Waals surface area contributed by atoms with E-state index in [-0.39, 0.29) is 6.04 Å². The maximum absolute atomic E-state index is 7.23. The minimum atomic E-state index is -0.658. The number of rotatable bonds is 4. The minimum Gasteiger partial charge on any atom is -0.455 e. The molecule has 0 saturated heterocycles. The zero-order valence-electron chi connectivity index (χ0n) is 35.2. The van der Waals surface area contributed by atoms with Gasteiger partial charge in [0.25, 0.3) is 0 Å². The molecular weight excluding hydrogens is 791 g/mol. The van der Waals surface area contributed by atoms with Gasteiger partial charge in [0.1, 0.15) is 17.3 Å². The van der Waals surface area contributed by atoms with Crippen molar-refractivity contribution in [3.8, 4) is 28.3 Å². The van der Waals surface area contributed by atoms with Gasteiger partial charge in [0, 0.05) is 49.5 Å². The standard InChI is InChI=1S/C61H39N3O/c1-2-17-40(18-3-1)60-62-54(41-19-14-20-43(35-41)64-56-27-12-9-24-48(56)49-25-10-13-28-57(49)64)37-55(63-60)42-29-32-47-46-23-8-11-26-50(46)61(53(47)36-42)51-33-30-38-15-4-6-21-44(38)58(51)65-59-45-22-7-5-16-39(45)31-34-52(59)61/h1-37,54H,(H,62,63). The van der Waals surface area contributed by atoms with Crippen LogP contribution in [-0.4, -0.2) is 10.4 Å². The first-order valence-electron chi connectivity index (χ1n) is 22.4. The van der Waals surface area contributed by atoms with E-state index in [9.17, 15) is 0 Å². The fraction of sp³-hybridized carbons (Fsp3) is 0.0328. The predicted molar refractivity (Wildman–Crippen MR) is 266 cm³/mol. The van der Waals surface area contributed by atoms with Crippen molar-refractivity contribution in [2.75, 3.05) is 0 Å². The summed E-state index contributed by atoms with van der Waals surface area (Å²) in [6, 6.07) is 79.0. The Balaban J connectivity index is 0.993. The molecule has 3 aliphatic rings. The average molecular weight is 830 g/mol. The van der Waals surface area contributed by atoms with E-state index in [0.29, 0.717) is 0 Å². The number of hydrogen-bond donors (Lipinski definition) is 1. The summed E-state index contributed by atoms with van der Waals surface area (Å²) in [7, 11) is 0. The van der Waals surface area contributed by atoms with E-state index in [1.807, 2.05) is 0 Å². The third kappa shape index (κ3) is 5.16. The van der Waals surface area contributed by atoms with Crippen LogP contribution in [0.25, 0.3) is 65.9 Å². The molecule has 0 bridgehead atoms. The van der Waals surface area contributed by atoms with Crippen LogP contribution >= 0.6 is 0 Å². The number of hydrogen-bond acceptors (Lipinski definition) is 3. The third-order valence-electron chi connectivity index (χ3n) is 14.1. The third-order valence-corrected chi connectivity index (χ3v) is 14.1. The van der Waals surface area contributed by atoms with E-state index in [0.717, 1.165) is 78.1 Å². The second-order valence-electron chi connectivity index (χ2n) is 17.4. The lowest BCUT2D eigenvalue weighted by Crippen LogP contribution is -2.32. The molecule has 11 aromatic rings. The highest BCUT2D eigenvalue weighted by Gasteiger charge is 2.52. The smallest absolute Gasteiger partial charge is 0.140 e. The van der Waals surface area contributed by atoms with Crippen LogP contribution in [0, 0.1) is 0 Å². The first-order chi connectivity index (χ1) is 32.2. The number of amidine groups is 1. The molecule has 3 heterocycles.